The van der Waals surface area contributed by atoms with E-state index in [1.165, 1.54) is 0 Å². The Labute approximate surface area is 120 Å². The Morgan fingerprint density at radius 3 is 2.45 bits per heavy atom. The Morgan fingerprint density at radius 1 is 1.30 bits per heavy atom. The van der Waals surface area contributed by atoms with Crippen LogP contribution in [-0.2, 0) is 11.3 Å². The third-order valence-corrected chi connectivity index (χ3v) is 4.42. The molecule has 1 aromatic carbocycles. The first-order valence-corrected chi connectivity index (χ1v) is 7.12. The summed E-state index contributed by atoms with van der Waals surface area (Å²) in [4.78, 5) is 13.6. The van der Waals surface area contributed by atoms with Crippen LogP contribution in [0.5, 0.6) is 5.75 Å². The van der Waals surface area contributed by atoms with Crippen LogP contribution in [0.15, 0.2) is 12.1 Å². The predicted molar refractivity (Wildman–Crippen MR) is 77.9 cm³/mol. The summed E-state index contributed by atoms with van der Waals surface area (Å²) in [6.07, 6.45) is 2.70. The van der Waals surface area contributed by atoms with Crippen molar-refractivity contribution in [3.8, 4) is 5.75 Å². The summed E-state index contributed by atoms with van der Waals surface area (Å²) in [5.74, 6) is -0.419. The number of phenolic OH excluding ortho intramolecular Hbond substituents is 1. The molecule has 1 aliphatic rings. The van der Waals surface area contributed by atoms with E-state index in [-0.39, 0.29) is 0 Å². The third-order valence-electron chi connectivity index (χ3n) is 4.42. The van der Waals surface area contributed by atoms with E-state index in [0.29, 0.717) is 18.7 Å². The van der Waals surface area contributed by atoms with Crippen LogP contribution in [-0.4, -0.2) is 33.2 Å². The Kier molecular flexibility index (Phi) is 4.04. The maximum absolute atomic E-state index is 11.6. The van der Waals surface area contributed by atoms with Crippen molar-refractivity contribution in [2.24, 2.45) is 0 Å². The number of piperidine rings is 1. The van der Waals surface area contributed by atoms with E-state index in [1.807, 2.05) is 37.8 Å². The zero-order valence-corrected chi connectivity index (χ0v) is 12.4. The van der Waals surface area contributed by atoms with Crippen molar-refractivity contribution in [3.63, 3.8) is 0 Å². The summed E-state index contributed by atoms with van der Waals surface area (Å²) in [6, 6.07) is 3.89. The molecule has 0 aromatic heterocycles. The number of carboxylic acids is 1. The van der Waals surface area contributed by atoms with Gasteiger partial charge in [-0.1, -0.05) is 12.1 Å². The van der Waals surface area contributed by atoms with E-state index >= 15 is 0 Å². The van der Waals surface area contributed by atoms with Gasteiger partial charge in [0.2, 0.25) is 0 Å². The summed E-state index contributed by atoms with van der Waals surface area (Å²) in [7, 11) is 0. The number of aromatic hydroxyl groups is 1. The van der Waals surface area contributed by atoms with E-state index in [9.17, 15) is 15.0 Å². The van der Waals surface area contributed by atoms with Gasteiger partial charge in [0.1, 0.15) is 11.3 Å². The molecule has 2 rings (SSSR count). The molecule has 4 nitrogen and oxygen atoms in total. The van der Waals surface area contributed by atoms with Crippen LogP contribution in [0.1, 0.15) is 42.9 Å². The second-order valence-corrected chi connectivity index (χ2v) is 6.04. The van der Waals surface area contributed by atoms with Gasteiger partial charge in [-0.05, 0) is 63.3 Å². The van der Waals surface area contributed by atoms with Gasteiger partial charge in [0, 0.05) is 6.54 Å². The highest BCUT2D eigenvalue weighted by Gasteiger charge is 2.41. The van der Waals surface area contributed by atoms with Crippen LogP contribution in [0.2, 0.25) is 0 Å². The lowest BCUT2D eigenvalue weighted by atomic mass is 9.88. The highest BCUT2D eigenvalue weighted by atomic mass is 16.4. The van der Waals surface area contributed by atoms with Crippen LogP contribution >= 0.6 is 0 Å². The standard InChI is InChI=1S/C16H23NO3/c1-11-8-13(9-12(2)14(11)18)10-17-7-5-4-6-16(17,3)15(19)20/h8-9,18H,4-7,10H2,1-3H3,(H,19,20). The van der Waals surface area contributed by atoms with E-state index in [4.69, 9.17) is 0 Å². The average molecular weight is 277 g/mol. The molecular formula is C16H23NO3. The number of likely N-dealkylation sites (tertiary alicyclic amines) is 1. The van der Waals surface area contributed by atoms with Gasteiger partial charge in [-0.15, -0.1) is 0 Å². The zero-order valence-electron chi connectivity index (χ0n) is 12.4. The molecule has 0 aliphatic carbocycles. The smallest absolute Gasteiger partial charge is 0.323 e. The fraction of sp³-hybridized carbons (Fsp3) is 0.562. The predicted octanol–water partition coefficient (Wildman–Crippen LogP) is 2.84. The molecule has 1 fully saturated rings. The first-order valence-electron chi connectivity index (χ1n) is 7.12. The highest BCUT2D eigenvalue weighted by molar-refractivity contribution is 5.78. The van der Waals surface area contributed by atoms with Crippen molar-refractivity contribution in [2.75, 3.05) is 6.54 Å². The monoisotopic (exact) mass is 277 g/mol. The lowest BCUT2D eigenvalue weighted by Crippen LogP contribution is -2.54. The number of benzene rings is 1. The molecule has 110 valence electrons. The number of aliphatic carboxylic acids is 1. The van der Waals surface area contributed by atoms with Gasteiger partial charge in [0.05, 0.1) is 0 Å². The van der Waals surface area contributed by atoms with Gasteiger partial charge in [-0.3, -0.25) is 9.69 Å². The molecule has 1 atom stereocenters. The molecule has 1 heterocycles. The quantitative estimate of drug-likeness (QED) is 0.892. The average Bonchev–Trinajstić information content (AvgIpc) is 2.38. The topological polar surface area (TPSA) is 60.8 Å². The normalized spacial score (nSPS) is 23.8. The second-order valence-electron chi connectivity index (χ2n) is 6.04. The number of carbonyl (C=O) groups is 1. The zero-order chi connectivity index (χ0) is 14.9. The number of aryl methyl sites for hydroxylation is 2. The molecule has 20 heavy (non-hydrogen) atoms. The van der Waals surface area contributed by atoms with E-state index in [0.717, 1.165) is 36.1 Å². The fourth-order valence-corrected chi connectivity index (χ4v) is 3.03. The van der Waals surface area contributed by atoms with Gasteiger partial charge >= 0.3 is 5.97 Å². The molecule has 2 N–H and O–H groups in total. The summed E-state index contributed by atoms with van der Waals surface area (Å²) >= 11 is 0. The molecule has 0 amide bonds. The van der Waals surface area contributed by atoms with Crippen molar-refractivity contribution in [3.05, 3.63) is 28.8 Å². The largest absolute Gasteiger partial charge is 0.507 e. The molecule has 0 spiro atoms. The van der Waals surface area contributed by atoms with Crippen molar-refractivity contribution in [2.45, 2.75) is 52.1 Å². The van der Waals surface area contributed by atoms with E-state index in [2.05, 4.69) is 0 Å². The van der Waals surface area contributed by atoms with Crippen molar-refractivity contribution in [1.82, 2.24) is 4.90 Å². The number of carboxylic acid groups (broad SMARTS) is 1. The van der Waals surface area contributed by atoms with Gasteiger partial charge in [-0.2, -0.15) is 0 Å². The van der Waals surface area contributed by atoms with E-state index in [1.54, 1.807) is 0 Å². The van der Waals surface area contributed by atoms with Crippen molar-refractivity contribution < 1.29 is 15.0 Å². The van der Waals surface area contributed by atoms with Crippen LogP contribution in [0.4, 0.5) is 0 Å². The minimum atomic E-state index is -0.780. The SMILES string of the molecule is Cc1cc(CN2CCCCC2(C)C(=O)O)cc(C)c1O. The van der Waals surface area contributed by atoms with Crippen molar-refractivity contribution >= 4 is 5.97 Å². The molecule has 1 aliphatic heterocycles. The van der Waals surface area contributed by atoms with E-state index < -0.39 is 11.5 Å². The maximum atomic E-state index is 11.6. The summed E-state index contributed by atoms with van der Waals surface area (Å²) < 4.78 is 0. The molecule has 0 radical (unpaired) electrons. The highest BCUT2D eigenvalue weighted by Crippen LogP contribution is 2.31. The molecule has 0 saturated carbocycles. The first-order chi connectivity index (χ1) is 9.34. The van der Waals surface area contributed by atoms with Crippen LogP contribution < -0.4 is 0 Å². The van der Waals surface area contributed by atoms with Crippen LogP contribution in [0.25, 0.3) is 0 Å². The molecule has 1 saturated heterocycles. The van der Waals surface area contributed by atoms with Gasteiger partial charge in [0.15, 0.2) is 0 Å². The summed E-state index contributed by atoms with van der Waals surface area (Å²) in [5, 5.41) is 19.3. The van der Waals surface area contributed by atoms with Gasteiger partial charge in [-0.25, -0.2) is 0 Å². The summed E-state index contributed by atoms with van der Waals surface area (Å²) in [5.41, 5.74) is 1.97. The van der Waals surface area contributed by atoms with Crippen molar-refractivity contribution in [1.29, 1.82) is 0 Å². The number of phenols is 1. The fourth-order valence-electron chi connectivity index (χ4n) is 3.03. The Morgan fingerprint density at radius 2 is 1.90 bits per heavy atom. The van der Waals surface area contributed by atoms with Gasteiger partial charge in [0.25, 0.3) is 0 Å². The Hall–Kier alpha value is -1.55. The molecular weight excluding hydrogens is 254 g/mol. The van der Waals surface area contributed by atoms with Crippen LogP contribution in [0.3, 0.4) is 0 Å². The number of hydrogen-bond donors (Lipinski definition) is 2. The maximum Gasteiger partial charge on any atom is 0.323 e. The summed E-state index contributed by atoms with van der Waals surface area (Å²) in [6.45, 7) is 6.98. The molecule has 4 heteroatoms. The lowest BCUT2D eigenvalue weighted by molar-refractivity contribution is -0.153. The Balaban J connectivity index is 2.26. The number of rotatable bonds is 3. The Bertz CT molecular complexity index is 503. The van der Waals surface area contributed by atoms with Crippen LogP contribution in [0, 0.1) is 13.8 Å². The second kappa shape index (κ2) is 5.44. The number of nitrogens with zero attached hydrogens (tertiary/aromatic N) is 1. The first kappa shape index (κ1) is 14.9. The molecule has 0 bridgehead atoms. The minimum absolute atomic E-state index is 0.327. The molecule has 1 unspecified atom stereocenters. The third kappa shape index (κ3) is 2.66. The van der Waals surface area contributed by atoms with Gasteiger partial charge < -0.3 is 10.2 Å². The number of hydrogen-bond acceptors (Lipinski definition) is 3. The lowest BCUT2D eigenvalue weighted by Gasteiger charge is -2.41. The molecule has 1 aromatic rings. The minimum Gasteiger partial charge on any atom is -0.507 e.